The Morgan fingerprint density at radius 3 is 2.40 bits per heavy atom. The predicted octanol–water partition coefficient (Wildman–Crippen LogP) is 2.64. The molecular formula is C14H16N2O2S2. The van der Waals surface area contributed by atoms with Gasteiger partial charge in [0.2, 0.25) is 10.0 Å². The maximum atomic E-state index is 11.7. The number of aryl methyl sites for hydroxylation is 1. The van der Waals surface area contributed by atoms with Crippen LogP contribution in [0.5, 0.6) is 0 Å². The molecule has 0 bridgehead atoms. The van der Waals surface area contributed by atoms with Gasteiger partial charge in [0, 0.05) is 15.5 Å². The van der Waals surface area contributed by atoms with Crippen LogP contribution in [-0.4, -0.2) is 15.5 Å². The number of rotatable bonds is 4. The summed E-state index contributed by atoms with van der Waals surface area (Å²) in [5, 5.41) is 0. The third-order valence-corrected chi connectivity index (χ3v) is 5.56. The molecule has 0 amide bonds. The van der Waals surface area contributed by atoms with Crippen LogP contribution in [0.3, 0.4) is 0 Å². The Hall–Kier alpha value is -1.50. The van der Waals surface area contributed by atoms with E-state index in [-0.39, 0.29) is 4.90 Å². The van der Waals surface area contributed by atoms with Crippen LogP contribution >= 0.6 is 11.8 Å². The molecule has 6 heteroatoms. The van der Waals surface area contributed by atoms with E-state index in [2.05, 4.69) is 4.72 Å². The Labute approximate surface area is 123 Å². The van der Waals surface area contributed by atoms with Crippen LogP contribution in [0.1, 0.15) is 5.56 Å². The minimum atomic E-state index is -3.46. The van der Waals surface area contributed by atoms with E-state index >= 15 is 0 Å². The molecule has 0 saturated carbocycles. The Bertz CT molecular complexity index is 728. The summed E-state index contributed by atoms with van der Waals surface area (Å²) in [6, 6.07) is 12.7. The van der Waals surface area contributed by atoms with E-state index < -0.39 is 10.0 Å². The molecule has 0 aliphatic rings. The van der Waals surface area contributed by atoms with E-state index in [1.54, 1.807) is 12.1 Å². The Kier molecular flexibility index (Phi) is 4.37. The SMILES string of the molecule is CNS(=O)(=O)c1ccc(Sc2ccccc2C)c(N)c1. The fourth-order valence-electron chi connectivity index (χ4n) is 1.69. The van der Waals surface area contributed by atoms with E-state index in [1.165, 1.54) is 24.9 Å². The summed E-state index contributed by atoms with van der Waals surface area (Å²) in [5.41, 5.74) is 7.57. The number of hydrogen-bond donors (Lipinski definition) is 2. The normalized spacial score (nSPS) is 11.5. The average molecular weight is 308 g/mol. The van der Waals surface area contributed by atoms with Crippen molar-refractivity contribution < 1.29 is 8.42 Å². The summed E-state index contributed by atoms with van der Waals surface area (Å²) in [6.07, 6.45) is 0. The van der Waals surface area contributed by atoms with Crippen molar-refractivity contribution in [2.24, 2.45) is 0 Å². The van der Waals surface area contributed by atoms with Crippen molar-refractivity contribution in [3.8, 4) is 0 Å². The zero-order chi connectivity index (χ0) is 14.8. The molecule has 2 rings (SSSR count). The predicted molar refractivity (Wildman–Crippen MR) is 82.4 cm³/mol. The summed E-state index contributed by atoms with van der Waals surface area (Å²) in [6.45, 7) is 2.03. The fraction of sp³-hybridized carbons (Fsp3) is 0.143. The number of nitrogen functional groups attached to an aromatic ring is 1. The van der Waals surface area contributed by atoms with Crippen molar-refractivity contribution in [2.45, 2.75) is 21.6 Å². The zero-order valence-electron chi connectivity index (χ0n) is 11.3. The zero-order valence-corrected chi connectivity index (χ0v) is 12.9. The smallest absolute Gasteiger partial charge is 0.240 e. The lowest BCUT2D eigenvalue weighted by Gasteiger charge is -2.09. The van der Waals surface area contributed by atoms with Crippen LogP contribution in [0.2, 0.25) is 0 Å². The van der Waals surface area contributed by atoms with E-state index in [0.29, 0.717) is 5.69 Å². The molecule has 0 unspecified atom stereocenters. The van der Waals surface area contributed by atoms with Crippen LogP contribution in [-0.2, 0) is 10.0 Å². The van der Waals surface area contributed by atoms with Gasteiger partial charge in [-0.05, 0) is 43.8 Å². The molecule has 3 N–H and O–H groups in total. The molecule has 0 radical (unpaired) electrons. The van der Waals surface area contributed by atoms with Crippen molar-refractivity contribution in [1.82, 2.24) is 4.72 Å². The number of benzene rings is 2. The molecular weight excluding hydrogens is 292 g/mol. The Morgan fingerprint density at radius 2 is 1.80 bits per heavy atom. The van der Waals surface area contributed by atoms with Gasteiger partial charge in [-0.25, -0.2) is 13.1 Å². The summed E-state index contributed by atoms with van der Waals surface area (Å²) < 4.78 is 25.7. The third-order valence-electron chi connectivity index (χ3n) is 2.87. The quantitative estimate of drug-likeness (QED) is 0.852. The summed E-state index contributed by atoms with van der Waals surface area (Å²) in [4.78, 5) is 2.12. The van der Waals surface area contributed by atoms with Crippen LogP contribution in [0.15, 0.2) is 57.2 Å². The van der Waals surface area contributed by atoms with E-state index in [0.717, 1.165) is 15.4 Å². The largest absolute Gasteiger partial charge is 0.398 e. The molecule has 0 saturated heterocycles. The van der Waals surface area contributed by atoms with Gasteiger partial charge in [-0.2, -0.15) is 0 Å². The van der Waals surface area contributed by atoms with E-state index in [9.17, 15) is 8.42 Å². The highest BCUT2D eigenvalue weighted by atomic mass is 32.2. The van der Waals surface area contributed by atoms with Crippen LogP contribution < -0.4 is 10.5 Å². The second kappa shape index (κ2) is 5.87. The molecule has 0 aliphatic heterocycles. The fourth-order valence-corrected chi connectivity index (χ4v) is 3.38. The first-order chi connectivity index (χ1) is 9.44. The highest BCUT2D eigenvalue weighted by Crippen LogP contribution is 2.34. The van der Waals surface area contributed by atoms with Crippen molar-refractivity contribution in [3.63, 3.8) is 0 Å². The van der Waals surface area contributed by atoms with E-state index in [4.69, 9.17) is 5.73 Å². The summed E-state index contributed by atoms with van der Waals surface area (Å²) in [7, 11) is -2.08. The standard InChI is InChI=1S/C14H16N2O2S2/c1-10-5-3-4-6-13(10)19-14-8-7-11(9-12(14)15)20(17,18)16-2/h3-9,16H,15H2,1-2H3. The maximum absolute atomic E-state index is 11.7. The van der Waals surface area contributed by atoms with Gasteiger partial charge in [-0.15, -0.1) is 0 Å². The molecule has 4 nitrogen and oxygen atoms in total. The average Bonchev–Trinajstić information content (AvgIpc) is 2.43. The Morgan fingerprint density at radius 1 is 1.10 bits per heavy atom. The minimum Gasteiger partial charge on any atom is -0.398 e. The highest BCUT2D eigenvalue weighted by Gasteiger charge is 2.13. The van der Waals surface area contributed by atoms with Gasteiger partial charge in [0.15, 0.2) is 0 Å². The summed E-state index contributed by atoms with van der Waals surface area (Å²) in [5.74, 6) is 0. The molecule has 2 aromatic rings. The van der Waals surface area contributed by atoms with Gasteiger partial charge >= 0.3 is 0 Å². The molecule has 0 spiro atoms. The van der Waals surface area contributed by atoms with Gasteiger partial charge in [-0.1, -0.05) is 30.0 Å². The number of hydrogen-bond acceptors (Lipinski definition) is 4. The van der Waals surface area contributed by atoms with Crippen molar-refractivity contribution >= 4 is 27.5 Å². The summed E-state index contributed by atoms with van der Waals surface area (Å²) >= 11 is 1.53. The van der Waals surface area contributed by atoms with Gasteiger partial charge in [0.05, 0.1) is 4.90 Å². The van der Waals surface area contributed by atoms with Gasteiger partial charge in [-0.3, -0.25) is 0 Å². The molecule has 106 valence electrons. The van der Waals surface area contributed by atoms with Crippen molar-refractivity contribution in [1.29, 1.82) is 0 Å². The lowest BCUT2D eigenvalue weighted by molar-refractivity contribution is 0.588. The number of sulfonamides is 1. The van der Waals surface area contributed by atoms with Crippen LogP contribution in [0, 0.1) is 6.92 Å². The third kappa shape index (κ3) is 3.15. The van der Waals surface area contributed by atoms with Crippen LogP contribution in [0.4, 0.5) is 5.69 Å². The van der Waals surface area contributed by atoms with Gasteiger partial charge in [0.1, 0.15) is 0 Å². The first kappa shape index (κ1) is 14.9. The van der Waals surface area contributed by atoms with Gasteiger partial charge < -0.3 is 5.73 Å². The molecule has 20 heavy (non-hydrogen) atoms. The molecule has 0 aliphatic carbocycles. The van der Waals surface area contributed by atoms with Gasteiger partial charge in [0.25, 0.3) is 0 Å². The number of nitrogens with one attached hydrogen (secondary N) is 1. The lowest BCUT2D eigenvalue weighted by atomic mass is 10.2. The molecule has 0 fully saturated rings. The maximum Gasteiger partial charge on any atom is 0.240 e. The van der Waals surface area contributed by atoms with Crippen LogP contribution in [0.25, 0.3) is 0 Å². The second-order valence-corrected chi connectivity index (χ2v) is 7.25. The van der Waals surface area contributed by atoms with E-state index in [1.807, 2.05) is 31.2 Å². The van der Waals surface area contributed by atoms with Crippen molar-refractivity contribution in [2.75, 3.05) is 12.8 Å². The number of nitrogens with two attached hydrogens (primary N) is 1. The second-order valence-electron chi connectivity index (χ2n) is 4.27. The molecule has 2 aromatic carbocycles. The monoisotopic (exact) mass is 308 g/mol. The molecule has 0 heterocycles. The highest BCUT2D eigenvalue weighted by molar-refractivity contribution is 7.99. The molecule has 0 atom stereocenters. The lowest BCUT2D eigenvalue weighted by Crippen LogP contribution is -2.18. The topological polar surface area (TPSA) is 72.2 Å². The van der Waals surface area contributed by atoms with Crippen molar-refractivity contribution in [3.05, 3.63) is 48.0 Å². The first-order valence-corrected chi connectivity index (χ1v) is 8.30. The first-order valence-electron chi connectivity index (χ1n) is 6.00. The molecule has 0 aromatic heterocycles. The minimum absolute atomic E-state index is 0.173. The number of anilines is 1. The Balaban J connectivity index is 2.34.